The summed E-state index contributed by atoms with van der Waals surface area (Å²) in [5, 5.41) is -0.253. The number of ether oxygens (including phenoxy) is 2. The molecule has 0 aromatic heterocycles. The third kappa shape index (κ3) is 8.99. The third-order valence-corrected chi connectivity index (χ3v) is 7.65. The number of nitrogens with zero attached hydrogens (tertiary/aromatic N) is 1. The molecule has 39 heavy (non-hydrogen) atoms. The maximum atomic E-state index is 13.5. The lowest BCUT2D eigenvalue weighted by Gasteiger charge is -2.26. The molecule has 0 bridgehead atoms. The van der Waals surface area contributed by atoms with Crippen molar-refractivity contribution in [2.75, 3.05) is 32.8 Å². The molecular formula is C32H36ClF3NO2. The SMILES string of the molecule is [CH2][C@@H](CCCC(Cc1cccc(C(F)(F)F)c1Cl)Oc1cccc(CCN2CCOCC2)c1)c1ccccc1. The van der Waals surface area contributed by atoms with Crippen molar-refractivity contribution >= 4 is 11.6 Å². The summed E-state index contributed by atoms with van der Waals surface area (Å²) >= 11 is 6.25. The highest BCUT2D eigenvalue weighted by Crippen LogP contribution is 2.37. The van der Waals surface area contributed by atoms with Crippen molar-refractivity contribution in [3.8, 4) is 5.75 Å². The van der Waals surface area contributed by atoms with Gasteiger partial charge in [-0.2, -0.15) is 13.2 Å². The van der Waals surface area contributed by atoms with Crippen LogP contribution in [0.25, 0.3) is 0 Å². The highest BCUT2D eigenvalue weighted by Gasteiger charge is 2.34. The van der Waals surface area contributed by atoms with Gasteiger partial charge in [0.2, 0.25) is 0 Å². The molecule has 7 heteroatoms. The van der Waals surface area contributed by atoms with Crippen molar-refractivity contribution < 1.29 is 22.6 Å². The van der Waals surface area contributed by atoms with Crippen LogP contribution in [0.1, 0.15) is 47.4 Å². The molecule has 1 aliphatic rings. The van der Waals surface area contributed by atoms with E-state index in [1.165, 1.54) is 11.6 Å². The molecular weight excluding hydrogens is 523 g/mol. The first-order chi connectivity index (χ1) is 18.8. The van der Waals surface area contributed by atoms with Crippen molar-refractivity contribution in [2.45, 2.75) is 50.3 Å². The lowest BCUT2D eigenvalue weighted by atomic mass is 9.93. The Bertz CT molecular complexity index is 1170. The number of alkyl halides is 3. The van der Waals surface area contributed by atoms with Gasteiger partial charge >= 0.3 is 6.18 Å². The summed E-state index contributed by atoms with van der Waals surface area (Å²) in [5.74, 6) is 0.851. The van der Waals surface area contributed by atoms with E-state index in [9.17, 15) is 13.2 Å². The van der Waals surface area contributed by atoms with Crippen LogP contribution in [-0.4, -0.2) is 43.9 Å². The van der Waals surface area contributed by atoms with Gasteiger partial charge in [-0.1, -0.05) is 66.2 Å². The highest BCUT2D eigenvalue weighted by molar-refractivity contribution is 6.32. The second-order valence-electron chi connectivity index (χ2n) is 10.1. The molecule has 0 saturated carbocycles. The molecule has 1 aliphatic heterocycles. The molecule has 0 spiro atoms. The number of hydrogen-bond acceptors (Lipinski definition) is 3. The molecule has 4 rings (SSSR count). The molecule has 209 valence electrons. The minimum Gasteiger partial charge on any atom is -0.490 e. The highest BCUT2D eigenvalue weighted by atomic mass is 35.5. The van der Waals surface area contributed by atoms with E-state index in [1.54, 1.807) is 6.07 Å². The summed E-state index contributed by atoms with van der Waals surface area (Å²) in [6.07, 6.45) is -1.32. The summed E-state index contributed by atoms with van der Waals surface area (Å²) in [4.78, 5) is 2.39. The summed E-state index contributed by atoms with van der Waals surface area (Å²) in [6.45, 7) is 8.65. The Labute approximate surface area is 234 Å². The van der Waals surface area contributed by atoms with Gasteiger partial charge in [0.15, 0.2) is 0 Å². The standard InChI is InChI=1S/C32H36ClF3NO2/c1-24(26-10-3-2-4-11-26)8-5-13-29(23-27-12-7-15-30(31(27)33)32(34,35)36)39-28-14-6-9-25(22-28)16-17-37-18-20-38-21-19-37/h2-4,6-7,9-12,14-15,22,24,29H,1,5,8,13,16-21,23H2/t24-,29?/m0/s1. The Balaban J connectivity index is 1.45. The van der Waals surface area contributed by atoms with Crippen LogP contribution in [0.5, 0.6) is 5.75 Å². The van der Waals surface area contributed by atoms with Gasteiger partial charge < -0.3 is 9.47 Å². The quantitative estimate of drug-likeness (QED) is 0.225. The Hall–Kier alpha value is -2.54. The van der Waals surface area contributed by atoms with Crippen LogP contribution in [0.3, 0.4) is 0 Å². The molecule has 1 unspecified atom stereocenters. The summed E-state index contributed by atoms with van der Waals surface area (Å²) in [7, 11) is 0. The molecule has 3 nitrogen and oxygen atoms in total. The monoisotopic (exact) mass is 558 g/mol. The van der Waals surface area contributed by atoms with Gasteiger partial charge in [0.1, 0.15) is 11.9 Å². The second kappa shape index (κ2) is 14.2. The van der Waals surface area contributed by atoms with Crippen molar-refractivity contribution in [1.82, 2.24) is 4.90 Å². The predicted octanol–water partition coefficient (Wildman–Crippen LogP) is 8.01. The van der Waals surface area contributed by atoms with Crippen molar-refractivity contribution in [2.24, 2.45) is 0 Å². The maximum Gasteiger partial charge on any atom is 0.417 e. The molecule has 1 saturated heterocycles. The molecule has 0 N–H and O–H groups in total. The average Bonchev–Trinajstić information content (AvgIpc) is 2.93. The minimum absolute atomic E-state index is 0.132. The van der Waals surface area contributed by atoms with Crippen molar-refractivity contribution in [3.05, 3.63) is 107 Å². The molecule has 2 atom stereocenters. The van der Waals surface area contributed by atoms with E-state index in [0.717, 1.165) is 69.5 Å². The Morgan fingerprint density at radius 2 is 1.69 bits per heavy atom. The van der Waals surface area contributed by atoms with Gasteiger partial charge in [-0.25, -0.2) is 0 Å². The lowest BCUT2D eigenvalue weighted by Crippen LogP contribution is -2.37. The van der Waals surface area contributed by atoms with E-state index < -0.39 is 11.7 Å². The molecule has 1 heterocycles. The van der Waals surface area contributed by atoms with Crippen LogP contribution in [-0.2, 0) is 23.8 Å². The van der Waals surface area contributed by atoms with Gasteiger partial charge in [0, 0.05) is 26.1 Å². The number of rotatable bonds is 12. The molecule has 0 aliphatic carbocycles. The van der Waals surface area contributed by atoms with Crippen LogP contribution in [0.4, 0.5) is 13.2 Å². The molecule has 3 aromatic carbocycles. The first kappa shape index (κ1) is 29.4. The Kier molecular flexibility index (Phi) is 10.7. The van der Waals surface area contributed by atoms with Crippen LogP contribution in [0.15, 0.2) is 72.8 Å². The van der Waals surface area contributed by atoms with E-state index in [0.29, 0.717) is 12.0 Å². The smallest absolute Gasteiger partial charge is 0.417 e. The summed E-state index contributed by atoms with van der Waals surface area (Å²) < 4.78 is 52.3. The van der Waals surface area contributed by atoms with E-state index >= 15 is 0 Å². The lowest BCUT2D eigenvalue weighted by molar-refractivity contribution is -0.137. The molecule has 3 aromatic rings. The average molecular weight is 559 g/mol. The number of halogens is 4. The van der Waals surface area contributed by atoms with E-state index in [-0.39, 0.29) is 23.5 Å². The van der Waals surface area contributed by atoms with Crippen molar-refractivity contribution in [1.29, 1.82) is 0 Å². The number of benzene rings is 3. The fourth-order valence-corrected chi connectivity index (χ4v) is 5.28. The predicted molar refractivity (Wildman–Crippen MR) is 150 cm³/mol. The van der Waals surface area contributed by atoms with Gasteiger partial charge in [0.25, 0.3) is 0 Å². The van der Waals surface area contributed by atoms with Crippen LogP contribution >= 0.6 is 11.6 Å². The fraction of sp³-hybridized carbons (Fsp3) is 0.406. The summed E-state index contributed by atoms with van der Waals surface area (Å²) in [6, 6.07) is 22.2. The van der Waals surface area contributed by atoms with Crippen LogP contribution < -0.4 is 4.74 Å². The largest absolute Gasteiger partial charge is 0.490 e. The second-order valence-corrected chi connectivity index (χ2v) is 10.5. The van der Waals surface area contributed by atoms with Gasteiger partial charge in [0.05, 0.1) is 23.8 Å². The normalized spacial score (nSPS) is 16.1. The van der Waals surface area contributed by atoms with Gasteiger partial charge in [-0.15, -0.1) is 0 Å². The van der Waals surface area contributed by atoms with Gasteiger partial charge in [-0.3, -0.25) is 4.90 Å². The molecule has 1 fully saturated rings. The van der Waals surface area contributed by atoms with E-state index in [4.69, 9.17) is 21.1 Å². The topological polar surface area (TPSA) is 21.7 Å². The molecule has 1 radical (unpaired) electrons. The number of morpholine rings is 1. The number of hydrogen-bond donors (Lipinski definition) is 0. The van der Waals surface area contributed by atoms with Gasteiger partial charge in [-0.05, 0) is 73.4 Å². The first-order valence-corrected chi connectivity index (χ1v) is 14.0. The van der Waals surface area contributed by atoms with E-state index in [1.807, 2.05) is 36.4 Å². The molecule has 0 amide bonds. The zero-order chi connectivity index (χ0) is 27.7. The minimum atomic E-state index is -4.50. The zero-order valence-corrected chi connectivity index (χ0v) is 22.9. The Morgan fingerprint density at radius 3 is 2.44 bits per heavy atom. The Morgan fingerprint density at radius 1 is 0.949 bits per heavy atom. The first-order valence-electron chi connectivity index (χ1n) is 13.6. The summed E-state index contributed by atoms with van der Waals surface area (Å²) in [5.41, 5.74) is 1.96. The fourth-order valence-electron chi connectivity index (χ4n) is 4.97. The van der Waals surface area contributed by atoms with Crippen LogP contribution in [0, 0.1) is 6.92 Å². The van der Waals surface area contributed by atoms with E-state index in [2.05, 4.69) is 30.0 Å². The van der Waals surface area contributed by atoms with Crippen molar-refractivity contribution in [3.63, 3.8) is 0 Å². The zero-order valence-electron chi connectivity index (χ0n) is 22.1. The third-order valence-electron chi connectivity index (χ3n) is 7.20. The van der Waals surface area contributed by atoms with Crippen LogP contribution in [0.2, 0.25) is 5.02 Å². The maximum absolute atomic E-state index is 13.5.